The molecule has 1 aromatic heterocycles. The van der Waals surface area contributed by atoms with Gasteiger partial charge in [-0.15, -0.1) is 11.6 Å². The van der Waals surface area contributed by atoms with Crippen LogP contribution in [0.4, 0.5) is 4.39 Å². The molecule has 88 valence electrons. The van der Waals surface area contributed by atoms with Crippen LogP contribution in [0.25, 0.3) is 11.1 Å². The van der Waals surface area contributed by atoms with Crippen molar-refractivity contribution in [1.29, 1.82) is 0 Å². The van der Waals surface area contributed by atoms with Gasteiger partial charge in [0.15, 0.2) is 0 Å². The Bertz CT molecular complexity index is 531. The second-order valence-corrected chi connectivity index (χ2v) is 3.75. The Balaban J connectivity index is 2.63. The van der Waals surface area contributed by atoms with Crippen molar-refractivity contribution in [3.63, 3.8) is 0 Å². The van der Waals surface area contributed by atoms with Crippen LogP contribution in [-0.2, 0) is 5.88 Å². The molecule has 0 N–H and O–H groups in total. The minimum Gasteiger partial charge on any atom is -0.495 e. The van der Waals surface area contributed by atoms with Gasteiger partial charge in [-0.25, -0.2) is 4.39 Å². The maximum atomic E-state index is 13.7. The molecule has 4 heteroatoms. The molecule has 17 heavy (non-hydrogen) atoms. The summed E-state index contributed by atoms with van der Waals surface area (Å²) in [5.41, 5.74) is 1.89. The van der Waals surface area contributed by atoms with E-state index in [9.17, 15) is 4.39 Å². The molecule has 0 spiro atoms. The van der Waals surface area contributed by atoms with Gasteiger partial charge in [-0.3, -0.25) is 4.98 Å². The normalized spacial score (nSPS) is 10.3. The molecule has 0 bridgehead atoms. The Morgan fingerprint density at radius 1 is 1.24 bits per heavy atom. The monoisotopic (exact) mass is 251 g/mol. The second kappa shape index (κ2) is 5.15. The predicted octanol–water partition coefficient (Wildman–Crippen LogP) is 3.64. The minimum atomic E-state index is -0.297. The average Bonchev–Trinajstić information content (AvgIpc) is 2.38. The lowest BCUT2D eigenvalue weighted by Crippen LogP contribution is -1.96. The van der Waals surface area contributed by atoms with E-state index in [0.717, 1.165) is 5.56 Å². The maximum Gasteiger partial charge on any atom is 0.142 e. The lowest BCUT2D eigenvalue weighted by atomic mass is 10.0. The van der Waals surface area contributed by atoms with Gasteiger partial charge in [-0.1, -0.05) is 18.2 Å². The fraction of sp³-hybridized carbons (Fsp3) is 0.154. The lowest BCUT2D eigenvalue weighted by Gasteiger charge is -2.11. The number of pyridine rings is 1. The fourth-order valence-electron chi connectivity index (χ4n) is 1.69. The third-order valence-corrected chi connectivity index (χ3v) is 2.80. The maximum absolute atomic E-state index is 13.7. The van der Waals surface area contributed by atoms with Gasteiger partial charge in [-0.05, 0) is 6.07 Å². The Morgan fingerprint density at radius 3 is 2.65 bits per heavy atom. The van der Waals surface area contributed by atoms with Crippen LogP contribution in [0.5, 0.6) is 5.75 Å². The van der Waals surface area contributed by atoms with E-state index < -0.39 is 0 Å². The van der Waals surface area contributed by atoms with Gasteiger partial charge in [0.05, 0.1) is 19.2 Å². The number of halogens is 2. The Hall–Kier alpha value is -1.61. The molecule has 0 amide bonds. The molecule has 2 rings (SSSR count). The van der Waals surface area contributed by atoms with E-state index in [1.54, 1.807) is 30.6 Å². The van der Waals surface area contributed by atoms with Gasteiger partial charge >= 0.3 is 0 Å². The Kier molecular flexibility index (Phi) is 3.59. The molecular formula is C13H11ClFNO. The molecule has 0 aliphatic carbocycles. The SMILES string of the molecule is COc1cncc(-c2ccccc2F)c1CCl. The number of aromatic nitrogens is 1. The quantitative estimate of drug-likeness (QED) is 0.777. The standard InChI is InChI=1S/C13H11ClFNO/c1-17-13-8-16-7-11(10(13)6-14)9-4-2-3-5-12(9)15/h2-5,7-8H,6H2,1H3. The third kappa shape index (κ3) is 2.24. The number of alkyl halides is 1. The highest BCUT2D eigenvalue weighted by Crippen LogP contribution is 2.32. The molecule has 1 aromatic carbocycles. The van der Waals surface area contributed by atoms with Crippen molar-refractivity contribution in [3.05, 3.63) is 48.0 Å². The summed E-state index contributed by atoms with van der Waals surface area (Å²) in [5, 5.41) is 0. The topological polar surface area (TPSA) is 22.1 Å². The van der Waals surface area contributed by atoms with Crippen LogP contribution in [0.1, 0.15) is 5.56 Å². The van der Waals surface area contributed by atoms with Crippen molar-refractivity contribution in [2.45, 2.75) is 5.88 Å². The minimum absolute atomic E-state index is 0.245. The summed E-state index contributed by atoms with van der Waals surface area (Å²) < 4.78 is 18.9. The van der Waals surface area contributed by atoms with Crippen molar-refractivity contribution in [2.75, 3.05) is 7.11 Å². The number of benzene rings is 1. The number of nitrogens with zero attached hydrogens (tertiary/aromatic N) is 1. The summed E-state index contributed by atoms with van der Waals surface area (Å²) in [6.07, 6.45) is 3.17. The molecular weight excluding hydrogens is 241 g/mol. The summed E-state index contributed by atoms with van der Waals surface area (Å²) in [6.45, 7) is 0. The lowest BCUT2D eigenvalue weighted by molar-refractivity contribution is 0.409. The van der Waals surface area contributed by atoms with Gasteiger partial charge in [-0.2, -0.15) is 0 Å². The van der Waals surface area contributed by atoms with Crippen molar-refractivity contribution in [2.24, 2.45) is 0 Å². The van der Waals surface area contributed by atoms with Gasteiger partial charge in [0, 0.05) is 22.9 Å². The highest BCUT2D eigenvalue weighted by atomic mass is 35.5. The van der Waals surface area contributed by atoms with E-state index in [4.69, 9.17) is 16.3 Å². The highest BCUT2D eigenvalue weighted by Gasteiger charge is 2.13. The first kappa shape index (κ1) is 11.9. The summed E-state index contributed by atoms with van der Waals surface area (Å²) >= 11 is 5.89. The summed E-state index contributed by atoms with van der Waals surface area (Å²) in [6, 6.07) is 6.53. The van der Waals surface area contributed by atoms with Crippen molar-refractivity contribution < 1.29 is 9.13 Å². The molecule has 0 unspecified atom stereocenters. The van der Waals surface area contributed by atoms with E-state index >= 15 is 0 Å². The molecule has 2 aromatic rings. The van der Waals surface area contributed by atoms with Crippen LogP contribution in [0.2, 0.25) is 0 Å². The number of rotatable bonds is 3. The molecule has 2 nitrogen and oxygen atoms in total. The van der Waals surface area contributed by atoms with E-state index in [-0.39, 0.29) is 11.7 Å². The first-order chi connectivity index (χ1) is 8.27. The van der Waals surface area contributed by atoms with Crippen LogP contribution < -0.4 is 4.74 Å². The van der Waals surface area contributed by atoms with Crippen LogP contribution >= 0.6 is 11.6 Å². The number of methoxy groups -OCH3 is 1. The van der Waals surface area contributed by atoms with Gasteiger partial charge in [0.1, 0.15) is 11.6 Å². The van der Waals surface area contributed by atoms with Crippen LogP contribution in [-0.4, -0.2) is 12.1 Å². The molecule has 0 saturated carbocycles. The third-order valence-electron chi connectivity index (χ3n) is 2.54. The van der Waals surface area contributed by atoms with E-state index in [1.165, 1.54) is 13.2 Å². The molecule has 0 atom stereocenters. The first-order valence-electron chi connectivity index (χ1n) is 5.09. The van der Waals surface area contributed by atoms with Gasteiger partial charge in [0.2, 0.25) is 0 Å². The molecule has 0 saturated heterocycles. The highest BCUT2D eigenvalue weighted by molar-refractivity contribution is 6.17. The van der Waals surface area contributed by atoms with Gasteiger partial charge < -0.3 is 4.74 Å². The van der Waals surface area contributed by atoms with Crippen molar-refractivity contribution >= 4 is 11.6 Å². The van der Waals surface area contributed by atoms with Gasteiger partial charge in [0.25, 0.3) is 0 Å². The number of hydrogen-bond acceptors (Lipinski definition) is 2. The van der Waals surface area contributed by atoms with Crippen LogP contribution in [0.15, 0.2) is 36.7 Å². The fourth-order valence-corrected chi connectivity index (χ4v) is 1.97. The Morgan fingerprint density at radius 2 is 2.00 bits per heavy atom. The van der Waals surface area contributed by atoms with E-state index in [0.29, 0.717) is 16.9 Å². The van der Waals surface area contributed by atoms with Crippen molar-refractivity contribution in [3.8, 4) is 16.9 Å². The second-order valence-electron chi connectivity index (χ2n) is 3.48. The zero-order valence-electron chi connectivity index (χ0n) is 9.28. The molecule has 0 aliphatic heterocycles. The Labute approximate surface area is 104 Å². The summed E-state index contributed by atoms with van der Waals surface area (Å²) in [5.74, 6) is 0.518. The van der Waals surface area contributed by atoms with E-state index in [2.05, 4.69) is 4.98 Å². The molecule has 1 heterocycles. The largest absolute Gasteiger partial charge is 0.495 e. The van der Waals surface area contributed by atoms with Crippen LogP contribution in [0, 0.1) is 5.82 Å². The smallest absolute Gasteiger partial charge is 0.142 e. The summed E-state index contributed by atoms with van der Waals surface area (Å²) in [4.78, 5) is 4.03. The van der Waals surface area contributed by atoms with Crippen molar-refractivity contribution in [1.82, 2.24) is 4.98 Å². The molecule has 0 fully saturated rings. The van der Waals surface area contributed by atoms with Crippen LogP contribution in [0.3, 0.4) is 0 Å². The number of ether oxygens (including phenoxy) is 1. The first-order valence-corrected chi connectivity index (χ1v) is 5.63. The molecule has 0 radical (unpaired) electrons. The average molecular weight is 252 g/mol. The van der Waals surface area contributed by atoms with E-state index in [1.807, 2.05) is 0 Å². The number of hydrogen-bond donors (Lipinski definition) is 0. The summed E-state index contributed by atoms with van der Waals surface area (Å²) in [7, 11) is 1.54. The molecule has 0 aliphatic rings. The predicted molar refractivity (Wildman–Crippen MR) is 65.7 cm³/mol. The zero-order chi connectivity index (χ0) is 12.3. The zero-order valence-corrected chi connectivity index (χ0v) is 10.0.